The fourth-order valence-corrected chi connectivity index (χ4v) is 3.32. The zero-order chi connectivity index (χ0) is 23.3. The highest BCUT2D eigenvalue weighted by Gasteiger charge is 2.60. The van der Waals surface area contributed by atoms with Crippen molar-refractivity contribution in [2.75, 3.05) is 23.5 Å². The van der Waals surface area contributed by atoms with Crippen LogP contribution in [0.4, 0.5) is 11.4 Å². The Kier molecular flexibility index (Phi) is 6.67. The van der Waals surface area contributed by atoms with Crippen LogP contribution < -0.4 is 10.3 Å². The average molecular weight is 437 g/mol. The maximum atomic E-state index is 12.9. The second-order valence-electron chi connectivity index (χ2n) is 6.97. The van der Waals surface area contributed by atoms with Gasteiger partial charge < -0.3 is 9.47 Å². The van der Waals surface area contributed by atoms with E-state index in [1.165, 1.54) is 19.1 Å². The first-order valence-corrected chi connectivity index (χ1v) is 10.1. The summed E-state index contributed by atoms with van der Waals surface area (Å²) in [4.78, 5) is 51.5. The van der Waals surface area contributed by atoms with E-state index in [0.29, 0.717) is 16.9 Å². The molecule has 1 amide bonds. The fourth-order valence-electron chi connectivity index (χ4n) is 3.32. The van der Waals surface area contributed by atoms with E-state index in [0.717, 1.165) is 4.90 Å². The molecule has 2 aromatic rings. The van der Waals surface area contributed by atoms with E-state index in [4.69, 9.17) is 9.47 Å². The molecule has 32 heavy (non-hydrogen) atoms. The predicted octanol–water partition coefficient (Wildman–Crippen LogP) is 2.57. The van der Waals surface area contributed by atoms with Gasteiger partial charge in [-0.3, -0.25) is 19.9 Å². The number of hydrogen-bond donors (Lipinski definition) is 1. The third kappa shape index (κ3) is 4.09. The molecule has 1 N–H and O–H groups in total. The Morgan fingerprint density at radius 3 is 2.19 bits per heavy atom. The molecule has 0 bridgehead atoms. The molecule has 3 rings (SSSR count). The zero-order valence-corrected chi connectivity index (χ0v) is 18.0. The van der Waals surface area contributed by atoms with Gasteiger partial charge in [-0.25, -0.2) is 9.59 Å². The van der Waals surface area contributed by atoms with Crippen molar-refractivity contribution < 1.29 is 28.7 Å². The van der Waals surface area contributed by atoms with Crippen molar-refractivity contribution in [2.45, 2.75) is 26.3 Å². The number of anilines is 2. The van der Waals surface area contributed by atoms with Crippen molar-refractivity contribution >= 4 is 40.7 Å². The molecule has 1 unspecified atom stereocenters. The second-order valence-corrected chi connectivity index (χ2v) is 6.97. The highest BCUT2D eigenvalue weighted by molar-refractivity contribution is 6.75. The number of ether oxygens (including phenoxy) is 2. The minimum atomic E-state index is -1.76. The number of esters is 2. The van der Waals surface area contributed by atoms with Gasteiger partial charge in [0.1, 0.15) is 0 Å². The molecule has 1 aliphatic heterocycles. The molecule has 1 atom stereocenters. The van der Waals surface area contributed by atoms with Crippen LogP contribution in [0.25, 0.3) is 0 Å². The molecule has 0 saturated carbocycles. The Balaban J connectivity index is 1.97. The Hall–Kier alpha value is -4.01. The SMILES string of the molecule is CCOC(=O)c1ccc(NN=C2C(=O)C(=O)N(c3ccccc3)C2(C)C(=O)OCC)cc1. The Labute approximate surface area is 185 Å². The van der Waals surface area contributed by atoms with Gasteiger partial charge in [0.2, 0.25) is 0 Å². The summed E-state index contributed by atoms with van der Waals surface area (Å²) in [6, 6.07) is 14.6. The molecule has 2 aromatic carbocycles. The van der Waals surface area contributed by atoms with Gasteiger partial charge >= 0.3 is 17.8 Å². The van der Waals surface area contributed by atoms with Crippen molar-refractivity contribution in [1.29, 1.82) is 0 Å². The van der Waals surface area contributed by atoms with Crippen LogP contribution in [0.1, 0.15) is 31.1 Å². The highest BCUT2D eigenvalue weighted by Crippen LogP contribution is 2.33. The number of Topliss-reactive ketones (excluding diaryl/α,β-unsaturated/α-hetero) is 1. The minimum Gasteiger partial charge on any atom is -0.464 e. The molecule has 1 heterocycles. The maximum absolute atomic E-state index is 12.9. The molecule has 1 aliphatic rings. The zero-order valence-electron chi connectivity index (χ0n) is 18.0. The molecule has 1 fully saturated rings. The summed E-state index contributed by atoms with van der Waals surface area (Å²) >= 11 is 0. The largest absolute Gasteiger partial charge is 0.464 e. The van der Waals surface area contributed by atoms with Gasteiger partial charge in [-0.05, 0) is 57.2 Å². The number of ketones is 1. The molecule has 9 nitrogen and oxygen atoms in total. The first-order chi connectivity index (χ1) is 15.3. The van der Waals surface area contributed by atoms with Crippen molar-refractivity contribution in [1.82, 2.24) is 0 Å². The molecular formula is C23H23N3O6. The first-order valence-electron chi connectivity index (χ1n) is 10.1. The van der Waals surface area contributed by atoms with Crippen LogP contribution in [0.5, 0.6) is 0 Å². The van der Waals surface area contributed by atoms with E-state index >= 15 is 0 Å². The summed E-state index contributed by atoms with van der Waals surface area (Å²) in [7, 11) is 0. The van der Waals surface area contributed by atoms with Crippen LogP contribution in [0.15, 0.2) is 59.7 Å². The maximum Gasteiger partial charge on any atom is 0.338 e. The number of hydrogen-bond acceptors (Lipinski definition) is 8. The average Bonchev–Trinajstić information content (AvgIpc) is 2.99. The Bertz CT molecular complexity index is 1060. The molecule has 0 aromatic heterocycles. The van der Waals surface area contributed by atoms with E-state index < -0.39 is 29.2 Å². The molecular weight excluding hydrogens is 414 g/mol. The number of nitrogens with zero attached hydrogens (tertiary/aromatic N) is 2. The number of para-hydroxylation sites is 1. The van der Waals surface area contributed by atoms with Crippen molar-refractivity contribution in [3.05, 3.63) is 60.2 Å². The van der Waals surface area contributed by atoms with E-state index in [2.05, 4.69) is 10.5 Å². The number of nitrogens with one attached hydrogen (secondary N) is 1. The summed E-state index contributed by atoms with van der Waals surface area (Å²) in [6.45, 7) is 5.09. The first kappa shape index (κ1) is 22.7. The number of hydrazone groups is 1. The standard InChI is InChI=1S/C23H23N3O6/c1-4-31-21(29)15-11-13-16(14-12-15)24-25-19-18(27)20(28)26(17-9-7-6-8-10-17)23(19,3)22(30)32-5-2/h6-14,24H,4-5H2,1-3H3. The van der Waals surface area contributed by atoms with Crippen LogP contribution in [0.3, 0.4) is 0 Å². The van der Waals surface area contributed by atoms with Gasteiger partial charge in [-0.2, -0.15) is 5.10 Å². The van der Waals surface area contributed by atoms with Crippen LogP contribution >= 0.6 is 0 Å². The van der Waals surface area contributed by atoms with Crippen molar-refractivity contribution in [3.8, 4) is 0 Å². The van der Waals surface area contributed by atoms with Gasteiger partial charge in [0.05, 0.1) is 24.5 Å². The normalized spacial score (nSPS) is 19.2. The summed E-state index contributed by atoms with van der Waals surface area (Å²) in [6.07, 6.45) is 0. The van der Waals surface area contributed by atoms with Crippen LogP contribution in [0, 0.1) is 0 Å². The highest BCUT2D eigenvalue weighted by atomic mass is 16.5. The van der Waals surface area contributed by atoms with E-state index in [1.807, 2.05) is 0 Å². The molecule has 1 saturated heterocycles. The van der Waals surface area contributed by atoms with Crippen molar-refractivity contribution in [3.63, 3.8) is 0 Å². The van der Waals surface area contributed by atoms with Crippen LogP contribution in [-0.2, 0) is 23.9 Å². The quantitative estimate of drug-likeness (QED) is 0.402. The Morgan fingerprint density at radius 2 is 1.59 bits per heavy atom. The van der Waals surface area contributed by atoms with Crippen LogP contribution in [0.2, 0.25) is 0 Å². The van der Waals surface area contributed by atoms with Crippen molar-refractivity contribution in [2.24, 2.45) is 5.10 Å². The monoisotopic (exact) mass is 437 g/mol. The predicted molar refractivity (Wildman–Crippen MR) is 117 cm³/mol. The number of rotatable bonds is 7. The lowest BCUT2D eigenvalue weighted by Crippen LogP contribution is -2.55. The smallest absolute Gasteiger partial charge is 0.338 e. The molecule has 0 aliphatic carbocycles. The van der Waals surface area contributed by atoms with Crippen LogP contribution in [-0.4, -0.2) is 48.1 Å². The molecule has 166 valence electrons. The van der Waals surface area contributed by atoms with Gasteiger partial charge in [0, 0.05) is 5.69 Å². The Morgan fingerprint density at radius 1 is 0.969 bits per heavy atom. The second kappa shape index (κ2) is 9.42. The molecule has 0 spiro atoms. The van der Waals surface area contributed by atoms with E-state index in [-0.39, 0.29) is 18.9 Å². The van der Waals surface area contributed by atoms with Gasteiger partial charge in [0.25, 0.3) is 5.78 Å². The third-order valence-electron chi connectivity index (χ3n) is 4.90. The van der Waals surface area contributed by atoms with Gasteiger partial charge in [-0.15, -0.1) is 0 Å². The fraction of sp³-hybridized carbons (Fsp3) is 0.261. The summed E-state index contributed by atoms with van der Waals surface area (Å²) in [5.41, 5.74) is 1.79. The van der Waals surface area contributed by atoms with Gasteiger partial charge in [-0.1, -0.05) is 18.2 Å². The third-order valence-corrected chi connectivity index (χ3v) is 4.90. The number of benzene rings is 2. The summed E-state index contributed by atoms with van der Waals surface area (Å²) in [5.74, 6) is -3.04. The minimum absolute atomic E-state index is 0.0649. The molecule has 9 heteroatoms. The summed E-state index contributed by atoms with van der Waals surface area (Å²) in [5, 5.41) is 4.11. The lowest BCUT2D eigenvalue weighted by Gasteiger charge is -2.31. The lowest BCUT2D eigenvalue weighted by atomic mass is 9.95. The lowest BCUT2D eigenvalue weighted by molar-refractivity contribution is -0.147. The number of carbonyl (C=O) groups is 4. The summed E-state index contributed by atoms with van der Waals surface area (Å²) < 4.78 is 10.1. The van der Waals surface area contributed by atoms with E-state index in [1.54, 1.807) is 56.3 Å². The molecule has 0 radical (unpaired) electrons. The number of carbonyl (C=O) groups excluding carboxylic acids is 4. The number of amides is 1. The van der Waals surface area contributed by atoms with Gasteiger partial charge in [0.15, 0.2) is 11.3 Å². The topological polar surface area (TPSA) is 114 Å². The van der Waals surface area contributed by atoms with E-state index in [9.17, 15) is 19.2 Å².